The molecular weight excluding hydrogens is 364 g/mol. The number of piperidine rings is 1. The number of hydrogen-bond acceptors (Lipinski definition) is 4. The number of aromatic nitrogens is 1. The second-order valence-corrected chi connectivity index (χ2v) is 10.0. The minimum absolute atomic E-state index is 0.0814. The third-order valence-electron chi connectivity index (χ3n) is 9.05. The summed E-state index contributed by atoms with van der Waals surface area (Å²) < 4.78 is 9.03. The molecule has 3 heterocycles. The van der Waals surface area contributed by atoms with Gasteiger partial charge in [0.1, 0.15) is 0 Å². The lowest BCUT2D eigenvalue weighted by Gasteiger charge is -2.62. The van der Waals surface area contributed by atoms with Crippen LogP contribution in [0.15, 0.2) is 12.1 Å². The number of phenols is 1. The summed E-state index contributed by atoms with van der Waals surface area (Å²) in [6.45, 7) is 0.945. The molecule has 2 aromatic rings. The molecule has 1 aromatic carbocycles. The van der Waals surface area contributed by atoms with Gasteiger partial charge in [0.05, 0.1) is 16.7 Å². The Morgan fingerprint density at radius 3 is 2.83 bits per heavy atom. The first-order valence-corrected chi connectivity index (χ1v) is 11.1. The molecule has 3 aliphatic carbocycles. The van der Waals surface area contributed by atoms with Gasteiger partial charge in [-0.15, -0.1) is 0 Å². The fourth-order valence-electron chi connectivity index (χ4n) is 7.81. The zero-order valence-electron chi connectivity index (χ0n) is 17.2. The zero-order chi connectivity index (χ0) is 19.7. The molecule has 5 nitrogen and oxygen atoms in total. The Balaban J connectivity index is 1.59. The van der Waals surface area contributed by atoms with E-state index in [1.54, 1.807) is 6.07 Å². The molecule has 5 heteroatoms. The van der Waals surface area contributed by atoms with Gasteiger partial charge in [-0.25, -0.2) is 0 Å². The van der Waals surface area contributed by atoms with Crippen LogP contribution in [0.25, 0.3) is 0 Å². The van der Waals surface area contributed by atoms with Crippen LogP contribution in [-0.2, 0) is 38.1 Å². The second kappa shape index (κ2) is 5.01. The van der Waals surface area contributed by atoms with Crippen molar-refractivity contribution in [3.05, 3.63) is 45.8 Å². The fraction of sp³-hybridized carbons (Fsp3) is 0.583. The quantitative estimate of drug-likeness (QED) is 0.723. The summed E-state index contributed by atoms with van der Waals surface area (Å²) in [6, 6.07) is 3.91. The molecule has 0 radical (unpaired) electrons. The highest BCUT2D eigenvalue weighted by Gasteiger charge is 2.72. The summed E-state index contributed by atoms with van der Waals surface area (Å²) in [6.07, 6.45) is 6.86. The smallest absolute Gasteiger partial charge is 0.166 e. The lowest BCUT2D eigenvalue weighted by atomic mass is 9.49. The van der Waals surface area contributed by atoms with E-state index in [0.717, 1.165) is 37.8 Å². The number of phenolic OH excluding ortho intramolecular Hbond substituents is 1. The fourth-order valence-corrected chi connectivity index (χ4v) is 7.81. The predicted octanol–water partition coefficient (Wildman–Crippen LogP) is 2.53. The van der Waals surface area contributed by atoms with Crippen LogP contribution in [0.1, 0.15) is 59.0 Å². The number of ether oxygens (including phenoxy) is 1. The van der Waals surface area contributed by atoms with Crippen molar-refractivity contribution >= 4 is 0 Å². The van der Waals surface area contributed by atoms with Crippen LogP contribution in [-0.4, -0.2) is 44.9 Å². The van der Waals surface area contributed by atoms with Gasteiger partial charge in [-0.05, 0) is 74.9 Å². The predicted molar refractivity (Wildman–Crippen MR) is 109 cm³/mol. The zero-order valence-corrected chi connectivity index (χ0v) is 17.2. The molecule has 1 aromatic heterocycles. The van der Waals surface area contributed by atoms with Crippen molar-refractivity contribution < 1.29 is 14.9 Å². The summed E-state index contributed by atoms with van der Waals surface area (Å²) in [5, 5.41) is 23.2. The lowest BCUT2D eigenvalue weighted by molar-refractivity contribution is -0.168. The van der Waals surface area contributed by atoms with Gasteiger partial charge in [-0.1, -0.05) is 6.07 Å². The van der Waals surface area contributed by atoms with Gasteiger partial charge >= 0.3 is 0 Å². The van der Waals surface area contributed by atoms with Crippen LogP contribution in [0, 0.1) is 0 Å². The number of rotatable bonds is 0. The summed E-state index contributed by atoms with van der Waals surface area (Å²) >= 11 is 0. The highest BCUT2D eigenvalue weighted by Crippen LogP contribution is 2.69. The van der Waals surface area contributed by atoms with Crippen LogP contribution in [0.2, 0.25) is 0 Å². The third-order valence-corrected chi connectivity index (χ3v) is 9.05. The maximum absolute atomic E-state index is 12.5. The summed E-state index contributed by atoms with van der Waals surface area (Å²) in [5.74, 6) is 0.841. The van der Waals surface area contributed by atoms with Gasteiger partial charge < -0.3 is 24.4 Å². The summed E-state index contributed by atoms with van der Waals surface area (Å²) in [4.78, 5) is 2.36. The molecule has 1 saturated heterocycles. The van der Waals surface area contributed by atoms with Crippen LogP contribution in [0.4, 0.5) is 0 Å². The van der Waals surface area contributed by atoms with Gasteiger partial charge in [0.2, 0.25) is 0 Å². The maximum atomic E-state index is 12.5. The summed E-state index contributed by atoms with van der Waals surface area (Å²) in [7, 11) is 4.34. The standard InChI is InChI=1S/C24H28N2O3/c1-25-10-9-23-19-13-7-8-17(27)21(19)29-22(23)20-15(12-24(23,28)18(25)11-13)14-5-3-4-6-16(14)26(20)2/h7-8,18,22,27-28H,3-6,9-12H2,1-2H3/t18-,22+,23+,24-/m1/s1. The SMILES string of the molecule is CN1CC[C@]23c4c5ccc(O)c4O[C@H]2c2c(c4c(n2C)CCCC4)C[C@@]3(O)[C@H]1C5. The van der Waals surface area contributed by atoms with E-state index in [4.69, 9.17) is 4.74 Å². The number of nitrogens with zero attached hydrogens (tertiary/aromatic N) is 2. The first-order chi connectivity index (χ1) is 14.0. The van der Waals surface area contributed by atoms with Crippen molar-refractivity contribution in [2.75, 3.05) is 13.6 Å². The average molecular weight is 392 g/mol. The molecule has 0 amide bonds. The van der Waals surface area contributed by atoms with E-state index in [2.05, 4.69) is 29.6 Å². The second-order valence-electron chi connectivity index (χ2n) is 10.0. The van der Waals surface area contributed by atoms with Crippen molar-refractivity contribution in [1.29, 1.82) is 0 Å². The first-order valence-electron chi connectivity index (χ1n) is 11.1. The molecule has 1 spiro atoms. The third kappa shape index (κ3) is 1.63. The number of benzene rings is 1. The van der Waals surface area contributed by atoms with Gasteiger partial charge in [0, 0.05) is 30.8 Å². The average Bonchev–Trinajstić information content (AvgIpc) is 3.19. The number of aromatic hydroxyl groups is 1. The molecule has 7 rings (SSSR count). The van der Waals surface area contributed by atoms with Gasteiger partial charge in [0.25, 0.3) is 0 Å². The lowest BCUT2D eigenvalue weighted by Crippen LogP contribution is -2.74. The molecular formula is C24H28N2O3. The topological polar surface area (TPSA) is 57.9 Å². The van der Waals surface area contributed by atoms with Gasteiger partial charge in [-0.2, -0.15) is 0 Å². The molecule has 5 aliphatic rings. The minimum atomic E-state index is -0.865. The Bertz CT molecular complexity index is 1090. The molecule has 2 N–H and O–H groups in total. The van der Waals surface area contributed by atoms with E-state index in [1.807, 2.05) is 0 Å². The van der Waals surface area contributed by atoms with Crippen LogP contribution in [0.5, 0.6) is 11.5 Å². The molecule has 2 aliphatic heterocycles. The molecule has 1 fully saturated rings. The van der Waals surface area contributed by atoms with E-state index < -0.39 is 11.0 Å². The number of fused-ring (bicyclic) bond motifs is 4. The maximum Gasteiger partial charge on any atom is 0.166 e. The number of hydrogen-bond donors (Lipinski definition) is 2. The van der Waals surface area contributed by atoms with Crippen molar-refractivity contribution in [1.82, 2.24) is 9.47 Å². The number of likely N-dealkylation sites (N-methyl/N-ethyl adjacent to an activating group) is 1. The van der Waals surface area contributed by atoms with E-state index in [1.165, 1.54) is 40.9 Å². The first kappa shape index (κ1) is 16.8. The van der Waals surface area contributed by atoms with Crippen molar-refractivity contribution in [2.24, 2.45) is 7.05 Å². The van der Waals surface area contributed by atoms with Crippen LogP contribution in [0.3, 0.4) is 0 Å². The summed E-state index contributed by atoms with van der Waals surface area (Å²) in [5.41, 5.74) is 6.50. The van der Waals surface area contributed by atoms with E-state index >= 15 is 0 Å². The highest BCUT2D eigenvalue weighted by molar-refractivity contribution is 5.65. The minimum Gasteiger partial charge on any atom is -0.504 e. The molecule has 152 valence electrons. The van der Waals surface area contributed by atoms with Crippen molar-refractivity contribution in [3.63, 3.8) is 0 Å². The van der Waals surface area contributed by atoms with E-state index in [0.29, 0.717) is 12.2 Å². The van der Waals surface area contributed by atoms with E-state index in [9.17, 15) is 10.2 Å². The number of aliphatic hydroxyl groups is 1. The highest BCUT2D eigenvalue weighted by atomic mass is 16.5. The molecule has 29 heavy (non-hydrogen) atoms. The Kier molecular flexibility index (Phi) is 2.90. The molecule has 0 unspecified atom stereocenters. The largest absolute Gasteiger partial charge is 0.504 e. The normalized spacial score (nSPS) is 36.2. The van der Waals surface area contributed by atoms with Crippen molar-refractivity contribution in [2.45, 2.75) is 68.1 Å². The van der Waals surface area contributed by atoms with Crippen molar-refractivity contribution in [3.8, 4) is 11.5 Å². The number of likely N-dealkylation sites (tertiary alicyclic amines) is 1. The van der Waals surface area contributed by atoms with Crippen LogP contribution < -0.4 is 4.74 Å². The Morgan fingerprint density at radius 1 is 1.14 bits per heavy atom. The van der Waals surface area contributed by atoms with Gasteiger partial charge in [-0.3, -0.25) is 0 Å². The molecule has 2 bridgehead atoms. The monoisotopic (exact) mass is 392 g/mol. The Morgan fingerprint density at radius 2 is 1.97 bits per heavy atom. The van der Waals surface area contributed by atoms with Crippen LogP contribution >= 0.6 is 0 Å². The Labute approximate surface area is 170 Å². The molecule has 4 atom stereocenters. The van der Waals surface area contributed by atoms with Gasteiger partial charge in [0.15, 0.2) is 17.6 Å². The molecule has 0 saturated carbocycles. The van der Waals surface area contributed by atoms with E-state index in [-0.39, 0.29) is 17.9 Å². The Hall–Kier alpha value is -1.98.